The van der Waals surface area contributed by atoms with E-state index in [0.29, 0.717) is 186 Å². The Morgan fingerprint density at radius 1 is 0.541 bits per heavy atom. The zero-order valence-electron chi connectivity index (χ0n) is 49.0. The Bertz CT molecular complexity index is 2460. The number of thioether (sulfide) groups is 1. The van der Waals surface area contributed by atoms with Gasteiger partial charge in [0, 0.05) is 79.8 Å². The second kappa shape index (κ2) is 44.2. The number of piperidine rings is 1. The molecule has 2 heterocycles. The van der Waals surface area contributed by atoms with Gasteiger partial charge >= 0.3 is 6.18 Å². The fraction of sp³-hybridized carbons (Fsp3) is 0.574. The van der Waals surface area contributed by atoms with E-state index < -0.39 is 17.6 Å². The molecule has 85 heavy (non-hydrogen) atoms. The molecule has 5 rings (SSSR count). The molecular weight excluding hydrogens is 1130 g/mol. The first-order chi connectivity index (χ1) is 41.6. The third-order valence-electron chi connectivity index (χ3n) is 12.6. The fourth-order valence-electron chi connectivity index (χ4n) is 8.21. The molecule has 0 unspecified atom stereocenters. The molecular formula is C61H86F3N5O15S. The van der Waals surface area contributed by atoms with Crippen molar-refractivity contribution < 1.29 is 84.4 Å². The standard InChI is InChI=1S/C61H86F3N5O15S/c1-73-21-22-76-27-28-79-32-33-81-36-37-82-35-34-80-31-30-78-26-24-75-20-16-66-58(70)14-19-74-23-25-77-29-38-83-39-40-84-41-42-85-48-50-8-5-9-51(43-50)60(72)68-56-12-11-54(69-17-3-2-4-18-69)46-55(56)57-45-52(13-15-65-57)59(71)67-47-49-7-6-10-53(44-49)61(62,63)64/h5-13,15,43-46H,2-4,14,16-42,47-48H2,1H3,(H,66,70)(H,67,71)(H,68,72). The number of aromatic nitrogens is 1. The summed E-state index contributed by atoms with van der Waals surface area (Å²) >= 11 is 1.69. The largest absolute Gasteiger partial charge is 0.416 e. The normalized spacial score (nSPS) is 12.6. The molecule has 1 saturated heterocycles. The van der Waals surface area contributed by atoms with Gasteiger partial charge in [-0.15, -0.1) is 0 Å². The first-order valence-electron chi connectivity index (χ1n) is 29.0. The summed E-state index contributed by atoms with van der Waals surface area (Å²) in [5.41, 5.74) is 3.81. The molecule has 24 heteroatoms. The van der Waals surface area contributed by atoms with E-state index in [1.165, 1.54) is 18.3 Å². The molecule has 0 radical (unpaired) electrons. The molecule has 0 saturated carbocycles. The van der Waals surface area contributed by atoms with Crippen molar-refractivity contribution >= 4 is 40.9 Å². The monoisotopic (exact) mass is 1220 g/mol. The molecule has 0 aliphatic carbocycles. The summed E-state index contributed by atoms with van der Waals surface area (Å²) < 4.78 is 105. The van der Waals surface area contributed by atoms with Gasteiger partial charge in [-0.2, -0.15) is 24.9 Å². The molecule has 472 valence electrons. The maximum Gasteiger partial charge on any atom is 0.416 e. The summed E-state index contributed by atoms with van der Waals surface area (Å²) in [5, 5.41) is 8.60. The number of methoxy groups -OCH3 is 1. The summed E-state index contributed by atoms with van der Waals surface area (Å²) in [6.45, 7) is 12.6. The number of halogens is 3. The highest BCUT2D eigenvalue weighted by Gasteiger charge is 2.30. The number of pyridine rings is 1. The van der Waals surface area contributed by atoms with Crippen LogP contribution in [0.5, 0.6) is 0 Å². The highest BCUT2D eigenvalue weighted by Crippen LogP contribution is 2.34. The van der Waals surface area contributed by atoms with Gasteiger partial charge < -0.3 is 77.7 Å². The van der Waals surface area contributed by atoms with Gasteiger partial charge in [-0.05, 0) is 85.0 Å². The molecule has 1 aromatic heterocycles. The van der Waals surface area contributed by atoms with E-state index >= 15 is 0 Å². The van der Waals surface area contributed by atoms with Crippen LogP contribution >= 0.6 is 11.8 Å². The number of alkyl halides is 3. The molecule has 3 N–H and O–H groups in total. The van der Waals surface area contributed by atoms with Crippen LogP contribution in [0.1, 0.15) is 63.1 Å². The number of ether oxygens (including phenoxy) is 12. The molecule has 4 aromatic rings. The van der Waals surface area contributed by atoms with Crippen molar-refractivity contribution in [3.8, 4) is 11.3 Å². The second-order valence-corrected chi connectivity index (χ2v) is 20.2. The van der Waals surface area contributed by atoms with Crippen molar-refractivity contribution in [1.82, 2.24) is 15.6 Å². The van der Waals surface area contributed by atoms with Gasteiger partial charge in [-0.3, -0.25) is 19.4 Å². The van der Waals surface area contributed by atoms with Crippen LogP contribution in [0.4, 0.5) is 24.5 Å². The lowest BCUT2D eigenvalue weighted by atomic mass is 10.0. The highest BCUT2D eigenvalue weighted by atomic mass is 32.2. The number of carbonyl (C=O) groups excluding carboxylic acids is 3. The lowest BCUT2D eigenvalue weighted by Crippen LogP contribution is -2.29. The molecule has 0 spiro atoms. The van der Waals surface area contributed by atoms with E-state index in [-0.39, 0.29) is 37.0 Å². The van der Waals surface area contributed by atoms with Crippen molar-refractivity contribution in [1.29, 1.82) is 0 Å². The molecule has 0 atom stereocenters. The van der Waals surface area contributed by atoms with E-state index in [1.807, 2.05) is 36.4 Å². The number of nitrogens with one attached hydrogen (secondary N) is 3. The number of nitrogens with zero attached hydrogens (tertiary/aromatic N) is 2. The van der Waals surface area contributed by atoms with Crippen LogP contribution in [-0.4, -0.2) is 207 Å². The molecule has 1 aliphatic rings. The zero-order chi connectivity index (χ0) is 60.3. The number of amides is 3. The van der Waals surface area contributed by atoms with Crippen molar-refractivity contribution in [3.05, 3.63) is 113 Å². The van der Waals surface area contributed by atoms with Gasteiger partial charge in [0.05, 0.1) is 169 Å². The van der Waals surface area contributed by atoms with Crippen molar-refractivity contribution in [2.75, 3.05) is 195 Å². The third kappa shape index (κ3) is 31.2. The van der Waals surface area contributed by atoms with Gasteiger partial charge in [-0.25, -0.2) is 0 Å². The van der Waals surface area contributed by atoms with Crippen molar-refractivity contribution in [3.63, 3.8) is 0 Å². The Labute approximate surface area is 502 Å². The first kappa shape index (κ1) is 70.4. The van der Waals surface area contributed by atoms with E-state index in [2.05, 4.69) is 25.8 Å². The molecule has 1 fully saturated rings. The molecule has 1 aliphatic heterocycles. The van der Waals surface area contributed by atoms with E-state index in [9.17, 15) is 27.6 Å². The number of rotatable bonds is 48. The summed E-state index contributed by atoms with van der Waals surface area (Å²) in [6, 6.07) is 21.2. The first-order valence-corrected chi connectivity index (χ1v) is 30.1. The van der Waals surface area contributed by atoms with Crippen LogP contribution in [0, 0.1) is 0 Å². The van der Waals surface area contributed by atoms with Crippen LogP contribution in [0.25, 0.3) is 11.3 Å². The Morgan fingerprint density at radius 2 is 1.07 bits per heavy atom. The number of benzene rings is 3. The lowest BCUT2D eigenvalue weighted by Gasteiger charge is -2.29. The Morgan fingerprint density at radius 3 is 1.66 bits per heavy atom. The maximum atomic E-state index is 13.8. The SMILES string of the molecule is COCCOCCOCCOCCOCCOCCOCCOCCNC(=O)CCOCCOCCOCCOCCSCc1cccc(C(=O)Nc2ccc(N3CCCCC3)cc2-c2cc(C(=O)NCc3cccc(C(F)(F)F)c3)ccn2)c1. The zero-order valence-corrected chi connectivity index (χ0v) is 49.8. The summed E-state index contributed by atoms with van der Waals surface area (Å²) in [4.78, 5) is 46.1. The Hall–Kier alpha value is -5.32. The maximum absolute atomic E-state index is 13.8. The average Bonchev–Trinajstić information content (AvgIpc) is 3.69. The third-order valence-corrected chi connectivity index (χ3v) is 13.6. The minimum absolute atomic E-state index is 0.0985. The van der Waals surface area contributed by atoms with Gasteiger partial charge in [0.1, 0.15) is 0 Å². The Balaban J connectivity index is 0.828. The number of carbonyl (C=O) groups is 3. The van der Waals surface area contributed by atoms with Crippen molar-refractivity contribution in [2.24, 2.45) is 0 Å². The number of anilines is 2. The van der Waals surface area contributed by atoms with Gasteiger partial charge in [0.2, 0.25) is 5.91 Å². The molecule has 0 bridgehead atoms. The Kier molecular flexibility index (Phi) is 36.6. The topological polar surface area (TPSA) is 214 Å². The minimum atomic E-state index is -4.50. The summed E-state index contributed by atoms with van der Waals surface area (Å²) in [5.74, 6) is 0.516. The lowest BCUT2D eigenvalue weighted by molar-refractivity contribution is -0.137. The number of hydrogen-bond acceptors (Lipinski definition) is 18. The fourth-order valence-corrected chi connectivity index (χ4v) is 9.00. The molecule has 20 nitrogen and oxygen atoms in total. The van der Waals surface area contributed by atoms with Crippen LogP contribution in [0.3, 0.4) is 0 Å². The van der Waals surface area contributed by atoms with E-state index in [1.54, 1.807) is 37.1 Å². The molecule has 3 aromatic carbocycles. The van der Waals surface area contributed by atoms with Gasteiger partial charge in [-0.1, -0.05) is 24.3 Å². The number of hydrogen-bond donors (Lipinski definition) is 3. The quantitative estimate of drug-likeness (QED) is 0.0365. The second-order valence-electron chi connectivity index (χ2n) is 19.1. The summed E-state index contributed by atoms with van der Waals surface area (Å²) in [7, 11) is 1.64. The predicted octanol–water partition coefficient (Wildman–Crippen LogP) is 7.51. The minimum Gasteiger partial charge on any atom is -0.382 e. The predicted molar refractivity (Wildman–Crippen MR) is 317 cm³/mol. The van der Waals surface area contributed by atoms with E-state index in [4.69, 9.17) is 56.8 Å². The van der Waals surface area contributed by atoms with Crippen LogP contribution < -0.4 is 20.9 Å². The highest BCUT2D eigenvalue weighted by molar-refractivity contribution is 7.98. The van der Waals surface area contributed by atoms with Crippen LogP contribution in [-0.2, 0) is 80.1 Å². The molecule has 3 amide bonds. The van der Waals surface area contributed by atoms with Crippen LogP contribution in [0.15, 0.2) is 85.1 Å². The van der Waals surface area contributed by atoms with Gasteiger partial charge in [0.15, 0.2) is 0 Å². The smallest absolute Gasteiger partial charge is 0.382 e. The van der Waals surface area contributed by atoms with E-state index in [0.717, 1.165) is 61.5 Å². The van der Waals surface area contributed by atoms with Gasteiger partial charge in [0.25, 0.3) is 11.8 Å². The van der Waals surface area contributed by atoms with Crippen LogP contribution in [0.2, 0.25) is 0 Å². The average molecular weight is 1220 g/mol. The summed E-state index contributed by atoms with van der Waals surface area (Å²) in [6.07, 6.45) is 0.529. The van der Waals surface area contributed by atoms with Crippen molar-refractivity contribution in [2.45, 2.75) is 44.2 Å².